The molecule has 2 aromatic rings. The fraction of sp³-hybridized carbons (Fsp3) is 0.545. The molecule has 0 spiro atoms. The largest absolute Gasteiger partial charge is 0.424 e. The van der Waals surface area contributed by atoms with Gasteiger partial charge in [-0.15, -0.1) is 10.2 Å². The monoisotopic (exact) mass is 235 g/mol. The van der Waals surface area contributed by atoms with Crippen LogP contribution in [-0.4, -0.2) is 26.0 Å². The Hall–Kier alpha value is -1.69. The molecule has 1 N–H and O–H groups in total. The normalized spacial score (nSPS) is 14.8. The van der Waals surface area contributed by atoms with Gasteiger partial charge in [-0.25, -0.2) is 0 Å². The lowest BCUT2D eigenvalue weighted by Crippen LogP contribution is -2.33. The van der Waals surface area contributed by atoms with Crippen molar-refractivity contribution in [3.63, 3.8) is 0 Å². The zero-order valence-electron chi connectivity index (χ0n) is 10.3. The highest BCUT2D eigenvalue weighted by molar-refractivity contribution is 4.85. The van der Waals surface area contributed by atoms with Gasteiger partial charge in [0.15, 0.2) is 0 Å². The SMILES string of the molecule is Cc1nnc(CN[C@H](C)[C@@H](C)n2cccn2)o1. The van der Waals surface area contributed by atoms with Crippen LogP contribution in [0.5, 0.6) is 0 Å². The molecule has 17 heavy (non-hydrogen) atoms. The third-order valence-corrected chi connectivity index (χ3v) is 2.81. The second kappa shape index (κ2) is 5.09. The average Bonchev–Trinajstić information content (AvgIpc) is 2.95. The topological polar surface area (TPSA) is 68.8 Å². The Morgan fingerprint density at radius 3 is 2.82 bits per heavy atom. The molecule has 0 bridgehead atoms. The van der Waals surface area contributed by atoms with Gasteiger partial charge in [-0.1, -0.05) is 0 Å². The van der Waals surface area contributed by atoms with E-state index in [4.69, 9.17) is 4.42 Å². The summed E-state index contributed by atoms with van der Waals surface area (Å²) in [4.78, 5) is 0. The maximum atomic E-state index is 5.30. The highest BCUT2D eigenvalue weighted by atomic mass is 16.4. The van der Waals surface area contributed by atoms with E-state index in [1.807, 2.05) is 16.9 Å². The van der Waals surface area contributed by atoms with Gasteiger partial charge in [0.05, 0.1) is 12.6 Å². The summed E-state index contributed by atoms with van der Waals surface area (Å²) >= 11 is 0. The van der Waals surface area contributed by atoms with E-state index in [0.29, 0.717) is 18.3 Å². The minimum atomic E-state index is 0.266. The van der Waals surface area contributed by atoms with E-state index in [9.17, 15) is 0 Å². The summed E-state index contributed by atoms with van der Waals surface area (Å²) in [5, 5.41) is 15.3. The Morgan fingerprint density at radius 2 is 2.24 bits per heavy atom. The van der Waals surface area contributed by atoms with Crippen LogP contribution in [0.15, 0.2) is 22.9 Å². The van der Waals surface area contributed by atoms with Gasteiger partial charge >= 0.3 is 0 Å². The van der Waals surface area contributed by atoms with Crippen molar-refractivity contribution in [3.05, 3.63) is 30.2 Å². The average molecular weight is 235 g/mol. The molecule has 0 unspecified atom stereocenters. The van der Waals surface area contributed by atoms with Crippen molar-refractivity contribution in [2.45, 2.75) is 39.4 Å². The molecule has 0 aliphatic heterocycles. The second-order valence-electron chi connectivity index (χ2n) is 4.11. The van der Waals surface area contributed by atoms with Gasteiger partial charge in [0.1, 0.15) is 0 Å². The van der Waals surface area contributed by atoms with Crippen LogP contribution in [0.1, 0.15) is 31.7 Å². The van der Waals surface area contributed by atoms with E-state index in [-0.39, 0.29) is 12.1 Å². The molecule has 2 heterocycles. The predicted octanol–water partition coefficient (Wildman–Crippen LogP) is 1.31. The van der Waals surface area contributed by atoms with E-state index in [0.717, 1.165) is 0 Å². The maximum Gasteiger partial charge on any atom is 0.230 e. The predicted molar refractivity (Wildman–Crippen MR) is 62.3 cm³/mol. The molecule has 0 amide bonds. The van der Waals surface area contributed by atoms with Crippen LogP contribution in [0.3, 0.4) is 0 Å². The van der Waals surface area contributed by atoms with E-state index in [2.05, 4.69) is 34.5 Å². The number of nitrogens with zero attached hydrogens (tertiary/aromatic N) is 4. The smallest absolute Gasteiger partial charge is 0.230 e. The molecule has 6 heteroatoms. The summed E-state index contributed by atoms with van der Waals surface area (Å²) < 4.78 is 7.22. The summed E-state index contributed by atoms with van der Waals surface area (Å²) in [6.45, 7) is 6.58. The summed E-state index contributed by atoms with van der Waals surface area (Å²) in [5.74, 6) is 1.21. The Bertz CT molecular complexity index is 450. The Morgan fingerprint density at radius 1 is 1.41 bits per heavy atom. The summed E-state index contributed by atoms with van der Waals surface area (Å²) in [6.07, 6.45) is 3.74. The standard InChI is InChI=1S/C11H17N5O/c1-8(9(2)16-6-4-5-13-16)12-7-11-15-14-10(3)17-11/h4-6,8-9,12H,7H2,1-3H3/t8-,9-/m1/s1. The number of rotatable bonds is 5. The first-order chi connectivity index (χ1) is 8.16. The molecule has 0 radical (unpaired) electrons. The second-order valence-corrected chi connectivity index (χ2v) is 4.11. The fourth-order valence-electron chi connectivity index (χ4n) is 1.58. The van der Waals surface area contributed by atoms with Crippen molar-refractivity contribution >= 4 is 0 Å². The van der Waals surface area contributed by atoms with Crippen molar-refractivity contribution in [2.75, 3.05) is 0 Å². The summed E-state index contributed by atoms with van der Waals surface area (Å²) in [7, 11) is 0. The Kier molecular flexibility index (Phi) is 3.53. The van der Waals surface area contributed by atoms with Crippen LogP contribution in [0.2, 0.25) is 0 Å². The van der Waals surface area contributed by atoms with Gasteiger partial charge in [0.25, 0.3) is 0 Å². The highest BCUT2D eigenvalue weighted by Gasteiger charge is 2.14. The van der Waals surface area contributed by atoms with Crippen LogP contribution in [0.25, 0.3) is 0 Å². The van der Waals surface area contributed by atoms with Crippen molar-refractivity contribution < 1.29 is 4.42 Å². The van der Waals surface area contributed by atoms with Gasteiger partial charge in [0.2, 0.25) is 11.8 Å². The van der Waals surface area contributed by atoms with Crippen molar-refractivity contribution in [1.82, 2.24) is 25.3 Å². The first kappa shape index (κ1) is 11.8. The summed E-state index contributed by atoms with van der Waals surface area (Å²) in [5.41, 5.74) is 0. The van der Waals surface area contributed by atoms with Gasteiger partial charge in [-0.3, -0.25) is 4.68 Å². The molecular formula is C11H17N5O. The quantitative estimate of drug-likeness (QED) is 0.846. The maximum absolute atomic E-state index is 5.30. The number of aryl methyl sites for hydroxylation is 1. The minimum Gasteiger partial charge on any atom is -0.424 e. The molecule has 92 valence electrons. The van der Waals surface area contributed by atoms with Crippen molar-refractivity contribution in [1.29, 1.82) is 0 Å². The van der Waals surface area contributed by atoms with Gasteiger partial charge in [0, 0.05) is 25.4 Å². The van der Waals surface area contributed by atoms with Crippen LogP contribution in [-0.2, 0) is 6.54 Å². The van der Waals surface area contributed by atoms with E-state index in [1.54, 1.807) is 13.1 Å². The van der Waals surface area contributed by atoms with Gasteiger partial charge in [-0.05, 0) is 19.9 Å². The number of aromatic nitrogens is 4. The Balaban J connectivity index is 1.87. The molecular weight excluding hydrogens is 218 g/mol. The molecule has 0 saturated carbocycles. The minimum absolute atomic E-state index is 0.266. The number of nitrogens with one attached hydrogen (secondary N) is 1. The molecule has 2 rings (SSSR count). The van der Waals surface area contributed by atoms with Crippen LogP contribution in [0.4, 0.5) is 0 Å². The van der Waals surface area contributed by atoms with Crippen LogP contribution in [0, 0.1) is 6.92 Å². The third-order valence-electron chi connectivity index (χ3n) is 2.81. The van der Waals surface area contributed by atoms with Crippen LogP contribution >= 0.6 is 0 Å². The fourth-order valence-corrected chi connectivity index (χ4v) is 1.58. The molecule has 0 fully saturated rings. The number of hydrogen-bond donors (Lipinski definition) is 1. The molecule has 2 aromatic heterocycles. The highest BCUT2D eigenvalue weighted by Crippen LogP contribution is 2.09. The molecule has 6 nitrogen and oxygen atoms in total. The first-order valence-electron chi connectivity index (χ1n) is 5.68. The first-order valence-corrected chi connectivity index (χ1v) is 5.68. The number of hydrogen-bond acceptors (Lipinski definition) is 5. The van der Waals surface area contributed by atoms with Crippen LogP contribution < -0.4 is 5.32 Å². The molecule has 0 aromatic carbocycles. The Labute approximate surface area is 100 Å². The van der Waals surface area contributed by atoms with Crippen molar-refractivity contribution in [2.24, 2.45) is 0 Å². The third kappa shape index (κ3) is 2.91. The summed E-state index contributed by atoms with van der Waals surface area (Å²) in [6, 6.07) is 2.46. The lowest BCUT2D eigenvalue weighted by Gasteiger charge is -2.20. The molecule has 0 saturated heterocycles. The zero-order valence-corrected chi connectivity index (χ0v) is 10.3. The van der Waals surface area contributed by atoms with E-state index in [1.165, 1.54) is 0 Å². The van der Waals surface area contributed by atoms with Gasteiger partial charge < -0.3 is 9.73 Å². The lowest BCUT2D eigenvalue weighted by molar-refractivity contribution is 0.345. The zero-order chi connectivity index (χ0) is 12.3. The van der Waals surface area contributed by atoms with Gasteiger partial charge in [-0.2, -0.15) is 5.10 Å². The molecule has 2 atom stereocenters. The van der Waals surface area contributed by atoms with E-state index < -0.39 is 0 Å². The molecule has 0 aliphatic rings. The van der Waals surface area contributed by atoms with E-state index >= 15 is 0 Å². The van der Waals surface area contributed by atoms with Crippen molar-refractivity contribution in [3.8, 4) is 0 Å². The lowest BCUT2D eigenvalue weighted by atomic mass is 10.2. The molecule has 0 aliphatic carbocycles.